The second-order valence-electron chi connectivity index (χ2n) is 7.13. The third kappa shape index (κ3) is 11.3. The summed E-state index contributed by atoms with van der Waals surface area (Å²) in [6.45, 7) is 7.49. The Hall–Kier alpha value is -4.88. The number of aliphatic imine (C=N–C) groups is 1. The van der Waals surface area contributed by atoms with E-state index in [-0.39, 0.29) is 18.9 Å². The van der Waals surface area contributed by atoms with Crippen molar-refractivity contribution >= 4 is 29.7 Å². The molecule has 1 N–H and O–H groups in total. The fraction of sp³-hybridized carbons (Fsp3) is 0.172. The number of anilines is 1. The molecular weight excluding hydrogens is 456 g/mol. The summed E-state index contributed by atoms with van der Waals surface area (Å²) < 4.78 is 9.66. The molecule has 2 aromatic rings. The van der Waals surface area contributed by atoms with Crippen molar-refractivity contribution in [2.45, 2.75) is 12.8 Å². The van der Waals surface area contributed by atoms with E-state index in [2.05, 4.69) is 47.1 Å². The van der Waals surface area contributed by atoms with E-state index >= 15 is 0 Å². The first-order valence-electron chi connectivity index (χ1n) is 11.1. The molecular formula is C29H26N2O5. The fourth-order valence-electron chi connectivity index (χ4n) is 2.58. The lowest BCUT2D eigenvalue weighted by atomic mass is 10.1. The minimum atomic E-state index is -0.561. The van der Waals surface area contributed by atoms with Gasteiger partial charge >= 0.3 is 11.9 Å². The molecule has 0 saturated carbocycles. The van der Waals surface area contributed by atoms with E-state index < -0.39 is 11.9 Å². The highest BCUT2D eigenvalue weighted by Crippen LogP contribution is 2.09. The van der Waals surface area contributed by atoms with Crippen molar-refractivity contribution in [3.8, 4) is 23.7 Å². The molecule has 0 atom stereocenters. The lowest BCUT2D eigenvalue weighted by molar-refractivity contribution is -0.139. The van der Waals surface area contributed by atoms with Gasteiger partial charge in [-0.05, 0) is 53.8 Å². The van der Waals surface area contributed by atoms with Crippen LogP contribution < -0.4 is 5.32 Å². The molecule has 182 valence electrons. The van der Waals surface area contributed by atoms with Gasteiger partial charge in [-0.3, -0.25) is 9.79 Å². The Balaban J connectivity index is 1.77. The maximum absolute atomic E-state index is 11.9. The van der Waals surface area contributed by atoms with Gasteiger partial charge in [0.1, 0.15) is 6.61 Å². The first kappa shape index (κ1) is 27.4. The summed E-state index contributed by atoms with van der Waals surface area (Å²) in [6, 6.07) is 14.6. The smallest absolute Gasteiger partial charge is 0.330 e. The Morgan fingerprint density at radius 3 is 1.97 bits per heavy atom. The molecule has 0 heterocycles. The predicted octanol–water partition coefficient (Wildman–Crippen LogP) is 3.69. The first-order chi connectivity index (χ1) is 17.5. The Morgan fingerprint density at radius 2 is 1.39 bits per heavy atom. The quantitative estimate of drug-likeness (QED) is 0.173. The van der Waals surface area contributed by atoms with E-state index in [4.69, 9.17) is 9.47 Å². The fourth-order valence-corrected chi connectivity index (χ4v) is 2.58. The molecule has 0 spiro atoms. The second kappa shape index (κ2) is 15.9. The van der Waals surface area contributed by atoms with Crippen molar-refractivity contribution in [1.29, 1.82) is 0 Å². The highest BCUT2D eigenvalue weighted by atomic mass is 16.5. The number of rotatable bonds is 11. The summed E-state index contributed by atoms with van der Waals surface area (Å²) in [5.41, 5.74) is 3.15. The molecule has 0 saturated heterocycles. The Morgan fingerprint density at radius 1 is 0.833 bits per heavy atom. The molecule has 7 heteroatoms. The van der Waals surface area contributed by atoms with E-state index in [9.17, 15) is 14.4 Å². The molecule has 0 aromatic heterocycles. The molecule has 36 heavy (non-hydrogen) atoms. The Bertz CT molecular complexity index is 1220. The van der Waals surface area contributed by atoms with Crippen molar-refractivity contribution in [3.05, 3.63) is 90.5 Å². The number of hydrogen-bond donors (Lipinski definition) is 1. The van der Waals surface area contributed by atoms with Crippen LogP contribution in [-0.2, 0) is 23.9 Å². The van der Waals surface area contributed by atoms with Gasteiger partial charge < -0.3 is 14.8 Å². The van der Waals surface area contributed by atoms with Gasteiger partial charge in [0, 0.05) is 48.1 Å². The summed E-state index contributed by atoms with van der Waals surface area (Å²) in [5, 5.41) is 2.72. The molecule has 0 fully saturated rings. The molecule has 0 bridgehead atoms. The van der Waals surface area contributed by atoms with Gasteiger partial charge in [0.25, 0.3) is 0 Å². The van der Waals surface area contributed by atoms with E-state index in [1.165, 1.54) is 0 Å². The molecule has 7 nitrogen and oxygen atoms in total. The lowest BCUT2D eigenvalue weighted by Gasteiger charge is -2.05. The summed E-state index contributed by atoms with van der Waals surface area (Å²) in [6.07, 6.45) is 4.64. The average molecular weight is 483 g/mol. The number of benzene rings is 2. The van der Waals surface area contributed by atoms with Gasteiger partial charge in [-0.15, -0.1) is 0 Å². The third-order valence-electron chi connectivity index (χ3n) is 4.38. The third-order valence-corrected chi connectivity index (χ3v) is 4.38. The standard InChI is InChI=1S/C29H26N2O5/c1-3-28(33)35-20-7-19-30-22-25-12-10-23(11-13-25)8-5-6-9-24-14-16-26(17-15-24)31-27(32)18-21-36-29(34)4-2/h3-4,10-17,22H,1-2,7,18-21H2,(H,31,32). The normalized spacial score (nSPS) is 9.67. The summed E-state index contributed by atoms with van der Waals surface area (Å²) in [5.74, 6) is 10.3. The van der Waals surface area contributed by atoms with E-state index in [0.29, 0.717) is 25.3 Å². The van der Waals surface area contributed by atoms with Crippen molar-refractivity contribution in [2.75, 3.05) is 25.1 Å². The van der Waals surface area contributed by atoms with Crippen LogP contribution in [0.5, 0.6) is 0 Å². The van der Waals surface area contributed by atoms with Crippen molar-refractivity contribution < 1.29 is 23.9 Å². The number of hydrogen-bond acceptors (Lipinski definition) is 6. The SMILES string of the molecule is C=CC(=O)OCCCN=Cc1ccc(C#CC#Cc2ccc(NC(=O)CCOC(=O)C=C)cc2)cc1. The van der Waals surface area contributed by atoms with Gasteiger partial charge in [0.2, 0.25) is 5.91 Å². The van der Waals surface area contributed by atoms with E-state index in [1.54, 1.807) is 30.5 Å². The predicted molar refractivity (Wildman–Crippen MR) is 139 cm³/mol. The van der Waals surface area contributed by atoms with Gasteiger partial charge in [0.05, 0.1) is 13.0 Å². The number of amides is 1. The average Bonchev–Trinajstić information content (AvgIpc) is 2.90. The largest absolute Gasteiger partial charge is 0.462 e. The number of esters is 2. The molecule has 1 amide bonds. The van der Waals surface area contributed by atoms with Gasteiger partial charge in [0.15, 0.2) is 0 Å². The highest BCUT2D eigenvalue weighted by molar-refractivity contribution is 5.91. The van der Waals surface area contributed by atoms with Gasteiger partial charge in [-0.2, -0.15) is 0 Å². The number of carbonyl (C=O) groups excluding carboxylic acids is 3. The molecule has 0 aliphatic heterocycles. The number of ether oxygens (including phenoxy) is 2. The summed E-state index contributed by atoms with van der Waals surface area (Å²) in [7, 11) is 0. The number of nitrogens with zero attached hydrogens (tertiary/aromatic N) is 1. The van der Waals surface area contributed by atoms with Crippen molar-refractivity contribution in [2.24, 2.45) is 4.99 Å². The molecule has 2 aromatic carbocycles. The zero-order chi connectivity index (χ0) is 26.0. The van der Waals surface area contributed by atoms with Gasteiger partial charge in [-0.1, -0.05) is 37.1 Å². The number of carbonyl (C=O) groups is 3. The Labute approximate surface area is 210 Å². The van der Waals surface area contributed by atoms with Crippen molar-refractivity contribution in [1.82, 2.24) is 0 Å². The topological polar surface area (TPSA) is 94.1 Å². The maximum atomic E-state index is 11.9. The highest BCUT2D eigenvalue weighted by Gasteiger charge is 2.04. The zero-order valence-electron chi connectivity index (χ0n) is 19.8. The molecule has 0 radical (unpaired) electrons. The van der Waals surface area contributed by atoms with E-state index in [1.807, 2.05) is 24.3 Å². The van der Waals surface area contributed by atoms with Crippen LogP contribution in [-0.4, -0.2) is 43.8 Å². The maximum Gasteiger partial charge on any atom is 0.330 e. The van der Waals surface area contributed by atoms with Gasteiger partial charge in [-0.25, -0.2) is 9.59 Å². The van der Waals surface area contributed by atoms with Crippen LogP contribution in [0.15, 0.2) is 78.8 Å². The number of nitrogens with one attached hydrogen (secondary N) is 1. The van der Waals surface area contributed by atoms with Crippen LogP contribution >= 0.6 is 0 Å². The van der Waals surface area contributed by atoms with E-state index in [0.717, 1.165) is 28.8 Å². The molecule has 0 aliphatic carbocycles. The summed E-state index contributed by atoms with van der Waals surface area (Å²) in [4.78, 5) is 38.1. The second-order valence-corrected chi connectivity index (χ2v) is 7.13. The van der Waals surface area contributed by atoms with Crippen LogP contribution in [0.3, 0.4) is 0 Å². The molecule has 0 aliphatic rings. The first-order valence-corrected chi connectivity index (χ1v) is 11.1. The van der Waals surface area contributed by atoms with Crippen LogP contribution in [0.25, 0.3) is 0 Å². The van der Waals surface area contributed by atoms with Crippen LogP contribution in [0.2, 0.25) is 0 Å². The zero-order valence-corrected chi connectivity index (χ0v) is 19.8. The van der Waals surface area contributed by atoms with Crippen LogP contribution in [0.4, 0.5) is 5.69 Å². The van der Waals surface area contributed by atoms with Crippen LogP contribution in [0.1, 0.15) is 29.5 Å². The minimum Gasteiger partial charge on any atom is -0.462 e. The monoisotopic (exact) mass is 482 g/mol. The van der Waals surface area contributed by atoms with Crippen molar-refractivity contribution in [3.63, 3.8) is 0 Å². The molecule has 2 rings (SSSR count). The Kier molecular flexibility index (Phi) is 12.1. The summed E-state index contributed by atoms with van der Waals surface area (Å²) >= 11 is 0. The van der Waals surface area contributed by atoms with Crippen LogP contribution in [0, 0.1) is 23.7 Å². The molecule has 0 unspecified atom stereocenters. The minimum absolute atomic E-state index is 0.00811. The lowest BCUT2D eigenvalue weighted by Crippen LogP contribution is -2.15.